The molecule has 68 valence electrons. The van der Waals surface area contributed by atoms with Crippen LogP contribution in [0.15, 0.2) is 24.3 Å². The molecule has 1 rings (SSSR count). The van der Waals surface area contributed by atoms with E-state index in [9.17, 15) is 0 Å². The first-order valence-electron chi connectivity index (χ1n) is 3.36. The molecular weight excluding hydrogens is 288 g/mol. The van der Waals surface area contributed by atoms with Crippen molar-refractivity contribution in [3.63, 3.8) is 0 Å². The van der Waals surface area contributed by atoms with Gasteiger partial charge in [0.1, 0.15) is 0 Å². The highest BCUT2D eigenvalue weighted by Crippen LogP contribution is 2.11. The fourth-order valence-corrected chi connectivity index (χ4v) is 1.17. The van der Waals surface area contributed by atoms with E-state index < -0.39 is 0 Å². The molecule has 1 aromatic rings. The van der Waals surface area contributed by atoms with Crippen molar-refractivity contribution in [2.75, 3.05) is 6.61 Å². The summed E-state index contributed by atoms with van der Waals surface area (Å²) in [5.74, 6) is 0. The van der Waals surface area contributed by atoms with Crippen LogP contribution in [-0.4, -0.2) is 11.7 Å². The molecule has 0 unspecified atom stereocenters. The summed E-state index contributed by atoms with van der Waals surface area (Å²) in [4.78, 5) is 0. The summed E-state index contributed by atoms with van der Waals surface area (Å²) in [6.45, 7) is 0.000588. The van der Waals surface area contributed by atoms with Crippen molar-refractivity contribution in [3.05, 3.63) is 33.4 Å². The molecule has 12 heavy (non-hydrogen) atoms. The SMILES string of the molecule is Cl.N[C@@H](CO)c1ccc(I)cc1. The first-order chi connectivity index (χ1) is 5.24. The lowest BCUT2D eigenvalue weighted by atomic mass is 10.1. The topological polar surface area (TPSA) is 46.2 Å². The average Bonchev–Trinajstić information content (AvgIpc) is 2.05. The maximum atomic E-state index is 8.73. The van der Waals surface area contributed by atoms with Crippen molar-refractivity contribution in [2.24, 2.45) is 5.73 Å². The Morgan fingerprint density at radius 3 is 2.25 bits per heavy atom. The van der Waals surface area contributed by atoms with Crippen LogP contribution >= 0.6 is 35.0 Å². The van der Waals surface area contributed by atoms with Crippen molar-refractivity contribution >= 4 is 35.0 Å². The van der Waals surface area contributed by atoms with Crippen LogP contribution in [0.1, 0.15) is 11.6 Å². The summed E-state index contributed by atoms with van der Waals surface area (Å²) < 4.78 is 1.18. The molecule has 3 N–H and O–H groups in total. The number of nitrogens with two attached hydrogens (primary N) is 1. The summed E-state index contributed by atoms with van der Waals surface area (Å²) in [5, 5.41) is 8.73. The van der Waals surface area contributed by atoms with Gasteiger partial charge in [0.15, 0.2) is 0 Å². The summed E-state index contributed by atoms with van der Waals surface area (Å²) in [6.07, 6.45) is 0. The van der Waals surface area contributed by atoms with Gasteiger partial charge in [-0.25, -0.2) is 0 Å². The van der Waals surface area contributed by atoms with Gasteiger partial charge in [-0.15, -0.1) is 12.4 Å². The minimum atomic E-state index is -0.244. The number of aliphatic hydroxyl groups excluding tert-OH is 1. The van der Waals surface area contributed by atoms with Gasteiger partial charge in [-0.1, -0.05) is 12.1 Å². The molecule has 2 nitrogen and oxygen atoms in total. The van der Waals surface area contributed by atoms with Crippen LogP contribution in [0.2, 0.25) is 0 Å². The van der Waals surface area contributed by atoms with Crippen LogP contribution in [0, 0.1) is 3.57 Å². The molecule has 0 saturated carbocycles. The smallest absolute Gasteiger partial charge is 0.0624 e. The summed E-state index contributed by atoms with van der Waals surface area (Å²) in [5.41, 5.74) is 6.57. The minimum Gasteiger partial charge on any atom is -0.394 e. The molecule has 1 atom stereocenters. The summed E-state index contributed by atoms with van der Waals surface area (Å²) in [6, 6.07) is 7.58. The molecule has 0 aliphatic carbocycles. The second-order valence-corrected chi connectivity index (χ2v) is 3.59. The van der Waals surface area contributed by atoms with Crippen LogP contribution in [0.4, 0.5) is 0 Å². The number of halogens is 2. The molecule has 0 spiro atoms. The third-order valence-corrected chi connectivity index (χ3v) is 2.21. The van der Waals surface area contributed by atoms with E-state index in [0.29, 0.717) is 0 Å². The molecule has 0 fully saturated rings. The lowest BCUT2D eigenvalue weighted by Crippen LogP contribution is -2.14. The van der Waals surface area contributed by atoms with Crippen molar-refractivity contribution in [1.82, 2.24) is 0 Å². The molecule has 1 aromatic carbocycles. The highest BCUT2D eigenvalue weighted by Gasteiger charge is 2.01. The van der Waals surface area contributed by atoms with E-state index in [1.54, 1.807) is 0 Å². The molecule has 0 amide bonds. The fraction of sp³-hybridized carbons (Fsp3) is 0.250. The van der Waals surface area contributed by atoms with Crippen molar-refractivity contribution in [2.45, 2.75) is 6.04 Å². The number of rotatable bonds is 2. The molecule has 0 saturated heterocycles. The van der Waals surface area contributed by atoms with Gasteiger partial charge < -0.3 is 10.8 Å². The van der Waals surface area contributed by atoms with E-state index in [1.807, 2.05) is 24.3 Å². The van der Waals surface area contributed by atoms with Crippen molar-refractivity contribution in [1.29, 1.82) is 0 Å². The van der Waals surface area contributed by atoms with E-state index in [2.05, 4.69) is 22.6 Å². The van der Waals surface area contributed by atoms with E-state index in [1.165, 1.54) is 3.57 Å². The lowest BCUT2D eigenvalue weighted by molar-refractivity contribution is 0.268. The molecule has 0 aliphatic heterocycles. The first kappa shape index (κ1) is 12.2. The van der Waals surface area contributed by atoms with Crippen LogP contribution in [0.5, 0.6) is 0 Å². The summed E-state index contributed by atoms with van der Waals surface area (Å²) in [7, 11) is 0. The number of hydrogen-bond donors (Lipinski definition) is 2. The first-order valence-corrected chi connectivity index (χ1v) is 4.44. The predicted octanol–water partition coefficient (Wildman–Crippen LogP) is 1.71. The van der Waals surface area contributed by atoms with E-state index >= 15 is 0 Å². The van der Waals surface area contributed by atoms with E-state index in [4.69, 9.17) is 10.8 Å². The van der Waals surface area contributed by atoms with Crippen LogP contribution in [0.3, 0.4) is 0 Å². The van der Waals surface area contributed by atoms with E-state index in [-0.39, 0.29) is 25.1 Å². The Morgan fingerprint density at radius 2 is 1.83 bits per heavy atom. The molecular formula is C8H11ClINO. The monoisotopic (exact) mass is 299 g/mol. The Balaban J connectivity index is 0.00000121. The third-order valence-electron chi connectivity index (χ3n) is 1.49. The Kier molecular flexibility index (Phi) is 5.82. The highest BCUT2D eigenvalue weighted by atomic mass is 127. The van der Waals surface area contributed by atoms with Gasteiger partial charge in [-0.3, -0.25) is 0 Å². The van der Waals surface area contributed by atoms with Gasteiger partial charge in [0.25, 0.3) is 0 Å². The average molecular weight is 300 g/mol. The maximum absolute atomic E-state index is 8.73. The Morgan fingerprint density at radius 1 is 1.33 bits per heavy atom. The van der Waals surface area contributed by atoms with Gasteiger partial charge in [-0.05, 0) is 40.3 Å². The Hall–Kier alpha value is 0.160. The Bertz CT molecular complexity index is 227. The quantitative estimate of drug-likeness (QED) is 0.817. The number of benzene rings is 1. The number of aliphatic hydroxyl groups is 1. The number of hydrogen-bond acceptors (Lipinski definition) is 2. The van der Waals surface area contributed by atoms with Gasteiger partial charge in [0.05, 0.1) is 12.6 Å². The molecule has 0 aliphatic rings. The van der Waals surface area contributed by atoms with Gasteiger partial charge in [-0.2, -0.15) is 0 Å². The Labute approximate surface area is 91.7 Å². The molecule has 0 radical (unpaired) electrons. The van der Waals surface area contributed by atoms with Crippen molar-refractivity contribution in [3.8, 4) is 0 Å². The van der Waals surface area contributed by atoms with Crippen LogP contribution in [0.25, 0.3) is 0 Å². The minimum absolute atomic E-state index is 0. The largest absolute Gasteiger partial charge is 0.394 e. The summed E-state index contributed by atoms with van der Waals surface area (Å²) >= 11 is 2.23. The zero-order valence-corrected chi connectivity index (χ0v) is 9.38. The van der Waals surface area contributed by atoms with Gasteiger partial charge >= 0.3 is 0 Å². The zero-order valence-electron chi connectivity index (χ0n) is 6.40. The maximum Gasteiger partial charge on any atom is 0.0624 e. The predicted molar refractivity (Wildman–Crippen MR) is 60.4 cm³/mol. The van der Waals surface area contributed by atoms with E-state index in [0.717, 1.165) is 5.56 Å². The molecule has 0 aromatic heterocycles. The van der Waals surface area contributed by atoms with Crippen molar-refractivity contribution < 1.29 is 5.11 Å². The standard InChI is InChI=1S/C8H10INO.ClH/c9-7-3-1-6(2-4-7)8(10)5-11;/h1-4,8,11H,5,10H2;1H/t8-;/m0./s1. The van der Waals surface area contributed by atoms with Crippen LogP contribution < -0.4 is 5.73 Å². The second-order valence-electron chi connectivity index (χ2n) is 2.34. The fourth-order valence-electron chi connectivity index (χ4n) is 0.815. The van der Waals surface area contributed by atoms with Gasteiger partial charge in [0, 0.05) is 3.57 Å². The lowest BCUT2D eigenvalue weighted by Gasteiger charge is -2.07. The van der Waals surface area contributed by atoms with Crippen LogP contribution in [-0.2, 0) is 0 Å². The molecule has 4 heteroatoms. The zero-order chi connectivity index (χ0) is 8.27. The molecule has 0 bridgehead atoms. The normalized spacial score (nSPS) is 11.9. The second kappa shape index (κ2) is 5.75. The third kappa shape index (κ3) is 3.26. The highest BCUT2D eigenvalue weighted by molar-refractivity contribution is 14.1. The van der Waals surface area contributed by atoms with Gasteiger partial charge in [0.2, 0.25) is 0 Å². The molecule has 0 heterocycles.